The van der Waals surface area contributed by atoms with Crippen LogP contribution < -0.4 is 10.1 Å². The van der Waals surface area contributed by atoms with E-state index in [1.54, 1.807) is 7.11 Å². The second kappa shape index (κ2) is 7.56. The summed E-state index contributed by atoms with van der Waals surface area (Å²) in [6.45, 7) is 4.26. The van der Waals surface area contributed by atoms with Gasteiger partial charge in [-0.05, 0) is 43.5 Å². The van der Waals surface area contributed by atoms with Crippen molar-refractivity contribution in [2.45, 2.75) is 25.9 Å². The standard InChI is InChI=1S/C21H28N4O3/c1-14-6-17(24-23-14)8-16-10-25(11-19(16)26)20(27)21(12-22-13-21)9-15-4-3-5-18(7-15)28-2/h3-7,16,19,22,26H,8-13H2,1-2H3,(H,23,24)/t16-,19-/m1/s1. The predicted molar refractivity (Wildman–Crippen MR) is 105 cm³/mol. The van der Waals surface area contributed by atoms with Crippen molar-refractivity contribution < 1.29 is 14.6 Å². The number of carbonyl (C=O) groups is 1. The fourth-order valence-electron chi connectivity index (χ4n) is 4.36. The minimum Gasteiger partial charge on any atom is -0.497 e. The first-order valence-electron chi connectivity index (χ1n) is 9.81. The minimum absolute atomic E-state index is 0.0218. The molecule has 0 saturated carbocycles. The number of aromatic amines is 1. The zero-order valence-electron chi connectivity index (χ0n) is 16.4. The van der Waals surface area contributed by atoms with Gasteiger partial charge in [0.1, 0.15) is 5.75 Å². The lowest BCUT2D eigenvalue weighted by atomic mass is 9.75. The van der Waals surface area contributed by atoms with Gasteiger partial charge in [0, 0.05) is 37.8 Å². The molecule has 2 fully saturated rings. The summed E-state index contributed by atoms with van der Waals surface area (Å²) in [5, 5.41) is 21.0. The molecular formula is C21H28N4O3. The Morgan fingerprint density at radius 3 is 2.82 bits per heavy atom. The summed E-state index contributed by atoms with van der Waals surface area (Å²) in [6, 6.07) is 9.90. The van der Waals surface area contributed by atoms with Crippen LogP contribution in [0.1, 0.15) is 17.0 Å². The number of H-pyrrole nitrogens is 1. The van der Waals surface area contributed by atoms with Gasteiger partial charge in [-0.2, -0.15) is 5.10 Å². The number of ether oxygens (including phenoxy) is 1. The van der Waals surface area contributed by atoms with E-state index in [2.05, 4.69) is 15.5 Å². The smallest absolute Gasteiger partial charge is 0.231 e. The van der Waals surface area contributed by atoms with Crippen molar-refractivity contribution in [1.29, 1.82) is 0 Å². The van der Waals surface area contributed by atoms with Gasteiger partial charge in [0.2, 0.25) is 5.91 Å². The van der Waals surface area contributed by atoms with Crippen LogP contribution in [-0.4, -0.2) is 65.5 Å². The number of nitrogens with one attached hydrogen (secondary N) is 2. The molecule has 7 heteroatoms. The average molecular weight is 384 g/mol. The van der Waals surface area contributed by atoms with Crippen LogP contribution >= 0.6 is 0 Å². The molecule has 7 nitrogen and oxygen atoms in total. The number of benzene rings is 1. The van der Waals surface area contributed by atoms with Crippen molar-refractivity contribution in [2.75, 3.05) is 33.3 Å². The lowest BCUT2D eigenvalue weighted by Gasteiger charge is -2.43. The first-order chi connectivity index (χ1) is 13.5. The van der Waals surface area contributed by atoms with E-state index in [0.29, 0.717) is 39.0 Å². The van der Waals surface area contributed by atoms with Crippen LogP contribution in [0, 0.1) is 18.3 Å². The number of aryl methyl sites for hydroxylation is 1. The molecule has 1 aromatic carbocycles. The average Bonchev–Trinajstić information content (AvgIpc) is 3.23. The number of amides is 1. The van der Waals surface area contributed by atoms with Gasteiger partial charge in [-0.1, -0.05) is 12.1 Å². The van der Waals surface area contributed by atoms with Crippen molar-refractivity contribution in [3.63, 3.8) is 0 Å². The molecule has 2 aliphatic heterocycles. The summed E-state index contributed by atoms with van der Waals surface area (Å²) in [5.74, 6) is 0.959. The van der Waals surface area contributed by atoms with Gasteiger partial charge in [0.05, 0.1) is 24.3 Å². The van der Waals surface area contributed by atoms with Gasteiger partial charge < -0.3 is 20.1 Å². The highest BCUT2D eigenvalue weighted by atomic mass is 16.5. The van der Waals surface area contributed by atoms with E-state index in [0.717, 1.165) is 22.7 Å². The normalized spacial score (nSPS) is 23.5. The summed E-state index contributed by atoms with van der Waals surface area (Å²) in [7, 11) is 1.65. The van der Waals surface area contributed by atoms with E-state index in [1.807, 2.05) is 42.2 Å². The van der Waals surface area contributed by atoms with E-state index in [9.17, 15) is 9.90 Å². The van der Waals surface area contributed by atoms with Crippen molar-refractivity contribution >= 4 is 5.91 Å². The van der Waals surface area contributed by atoms with Gasteiger partial charge in [0.15, 0.2) is 0 Å². The van der Waals surface area contributed by atoms with Crippen molar-refractivity contribution in [3.8, 4) is 5.75 Å². The maximum absolute atomic E-state index is 13.4. The molecule has 3 heterocycles. The highest BCUT2D eigenvalue weighted by Gasteiger charge is 2.48. The molecule has 2 aliphatic rings. The number of hydrogen-bond acceptors (Lipinski definition) is 5. The topological polar surface area (TPSA) is 90.5 Å². The Morgan fingerprint density at radius 1 is 1.36 bits per heavy atom. The molecule has 0 aliphatic carbocycles. The summed E-state index contributed by atoms with van der Waals surface area (Å²) < 4.78 is 5.32. The van der Waals surface area contributed by atoms with Gasteiger partial charge in [-0.25, -0.2) is 0 Å². The van der Waals surface area contributed by atoms with Gasteiger partial charge in [0.25, 0.3) is 0 Å². The first kappa shape index (κ1) is 19.0. The molecule has 1 amide bonds. The van der Waals surface area contributed by atoms with E-state index in [-0.39, 0.29) is 11.8 Å². The third kappa shape index (κ3) is 3.64. The Balaban J connectivity index is 1.44. The minimum atomic E-state index is -0.511. The molecule has 0 bridgehead atoms. The van der Waals surface area contributed by atoms with Crippen LogP contribution in [-0.2, 0) is 17.6 Å². The van der Waals surface area contributed by atoms with Gasteiger partial charge in [-0.15, -0.1) is 0 Å². The van der Waals surface area contributed by atoms with E-state index < -0.39 is 11.5 Å². The zero-order chi connectivity index (χ0) is 19.7. The number of aliphatic hydroxyl groups excluding tert-OH is 1. The number of likely N-dealkylation sites (tertiary alicyclic amines) is 1. The summed E-state index contributed by atoms with van der Waals surface area (Å²) in [4.78, 5) is 15.2. The Hall–Kier alpha value is -2.38. The maximum atomic E-state index is 13.4. The lowest BCUT2D eigenvalue weighted by Crippen LogP contribution is -2.63. The Kier molecular flexibility index (Phi) is 5.12. The Morgan fingerprint density at radius 2 is 2.18 bits per heavy atom. The fraction of sp³-hybridized carbons (Fsp3) is 0.524. The van der Waals surface area contributed by atoms with Gasteiger partial charge in [-0.3, -0.25) is 9.89 Å². The molecule has 2 aromatic rings. The number of nitrogens with zero attached hydrogens (tertiary/aromatic N) is 2. The quantitative estimate of drug-likeness (QED) is 0.689. The second-order valence-electron chi connectivity index (χ2n) is 8.20. The van der Waals surface area contributed by atoms with Crippen LogP contribution in [0.25, 0.3) is 0 Å². The lowest BCUT2D eigenvalue weighted by molar-refractivity contribution is -0.144. The van der Waals surface area contributed by atoms with Gasteiger partial charge >= 0.3 is 0 Å². The molecule has 3 N–H and O–H groups in total. The monoisotopic (exact) mass is 384 g/mol. The zero-order valence-corrected chi connectivity index (χ0v) is 16.4. The van der Waals surface area contributed by atoms with E-state index >= 15 is 0 Å². The van der Waals surface area contributed by atoms with Crippen LogP contribution in [0.3, 0.4) is 0 Å². The molecule has 28 heavy (non-hydrogen) atoms. The van der Waals surface area contributed by atoms with Crippen LogP contribution in [0.15, 0.2) is 30.3 Å². The molecule has 150 valence electrons. The van der Waals surface area contributed by atoms with E-state index in [1.165, 1.54) is 0 Å². The molecule has 1 aromatic heterocycles. The predicted octanol–water partition coefficient (Wildman–Crippen LogP) is 0.921. The highest BCUT2D eigenvalue weighted by Crippen LogP contribution is 2.34. The Labute approximate surface area is 165 Å². The molecule has 0 spiro atoms. The molecular weight excluding hydrogens is 356 g/mol. The van der Waals surface area contributed by atoms with Crippen molar-refractivity contribution in [1.82, 2.24) is 20.4 Å². The largest absolute Gasteiger partial charge is 0.497 e. The SMILES string of the molecule is COc1cccc(CC2(C(=O)N3C[C@@H](Cc4cc(C)[nH]n4)[C@H](O)C3)CNC2)c1. The molecule has 0 radical (unpaired) electrons. The number of methoxy groups -OCH3 is 1. The maximum Gasteiger partial charge on any atom is 0.231 e. The van der Waals surface area contributed by atoms with E-state index in [4.69, 9.17) is 4.74 Å². The van der Waals surface area contributed by atoms with Crippen LogP contribution in [0.5, 0.6) is 5.75 Å². The molecule has 0 unspecified atom stereocenters. The second-order valence-corrected chi connectivity index (χ2v) is 8.20. The molecule has 2 atom stereocenters. The number of aliphatic hydroxyl groups is 1. The third-order valence-electron chi connectivity index (χ3n) is 5.98. The molecule has 4 rings (SSSR count). The fourth-order valence-corrected chi connectivity index (χ4v) is 4.36. The highest BCUT2D eigenvalue weighted by molar-refractivity contribution is 5.85. The van der Waals surface area contributed by atoms with Crippen molar-refractivity contribution in [3.05, 3.63) is 47.3 Å². The number of rotatable bonds is 6. The third-order valence-corrected chi connectivity index (χ3v) is 5.98. The van der Waals surface area contributed by atoms with Crippen molar-refractivity contribution in [2.24, 2.45) is 11.3 Å². The summed E-state index contributed by atoms with van der Waals surface area (Å²) >= 11 is 0. The first-order valence-corrected chi connectivity index (χ1v) is 9.81. The molecule has 2 saturated heterocycles. The van der Waals surface area contributed by atoms with Crippen LogP contribution in [0.4, 0.5) is 0 Å². The summed E-state index contributed by atoms with van der Waals surface area (Å²) in [6.07, 6.45) is 0.838. The summed E-state index contributed by atoms with van der Waals surface area (Å²) in [5.41, 5.74) is 2.60. The Bertz CT molecular complexity index is 846. The number of hydrogen-bond donors (Lipinski definition) is 3. The number of aromatic nitrogens is 2. The number of β-amino-alcohol motifs (C(OH)–C–C–N with tert-alkyl or cyclic N) is 1. The van der Waals surface area contributed by atoms with Crippen LogP contribution in [0.2, 0.25) is 0 Å². The number of carbonyl (C=O) groups excluding carboxylic acids is 1.